The summed E-state index contributed by atoms with van der Waals surface area (Å²) in [4.78, 5) is 20.1. The first-order valence-corrected chi connectivity index (χ1v) is 7.16. The van der Waals surface area contributed by atoms with Crippen molar-refractivity contribution >= 4 is 29.1 Å². The van der Waals surface area contributed by atoms with Crippen molar-refractivity contribution in [2.45, 2.75) is 23.4 Å². The van der Waals surface area contributed by atoms with Gasteiger partial charge in [-0.05, 0) is 19.1 Å². The maximum atomic E-state index is 10.7. The Bertz CT molecular complexity index is 540. The zero-order chi connectivity index (χ0) is 13.0. The van der Waals surface area contributed by atoms with Gasteiger partial charge >= 0.3 is 5.97 Å². The number of carboxylic acids is 1. The average molecular weight is 280 g/mol. The summed E-state index contributed by atoms with van der Waals surface area (Å²) in [5.41, 5.74) is 1.81. The number of aromatic nitrogens is 2. The molecule has 2 aromatic rings. The molecule has 1 N–H and O–H groups in total. The van der Waals surface area contributed by atoms with E-state index in [9.17, 15) is 4.79 Å². The van der Waals surface area contributed by atoms with E-state index in [4.69, 9.17) is 5.11 Å². The van der Waals surface area contributed by atoms with Crippen LogP contribution in [0.3, 0.4) is 0 Å². The topological polar surface area (TPSA) is 63.1 Å². The molecule has 94 valence electrons. The fraction of sp³-hybridized carbons (Fsp3) is 0.250. The van der Waals surface area contributed by atoms with Crippen molar-refractivity contribution in [1.82, 2.24) is 9.97 Å². The molecule has 0 spiro atoms. The van der Waals surface area contributed by atoms with E-state index in [2.05, 4.69) is 9.97 Å². The van der Waals surface area contributed by atoms with E-state index in [-0.39, 0.29) is 6.42 Å². The van der Waals surface area contributed by atoms with Crippen molar-refractivity contribution in [3.63, 3.8) is 0 Å². The Morgan fingerprint density at radius 2 is 2.33 bits per heavy atom. The lowest BCUT2D eigenvalue weighted by Gasteiger charge is -1.96. The number of thiazole rings is 1. The normalized spacial score (nSPS) is 10.5. The second kappa shape index (κ2) is 5.97. The van der Waals surface area contributed by atoms with Crippen LogP contribution in [0, 0.1) is 6.92 Å². The molecule has 2 rings (SSSR count). The predicted octanol–water partition coefficient (Wildman–Crippen LogP) is 2.77. The fourth-order valence-corrected chi connectivity index (χ4v) is 3.52. The molecular weight excluding hydrogens is 268 g/mol. The van der Waals surface area contributed by atoms with Crippen LogP contribution in [0.1, 0.15) is 16.3 Å². The Labute approximate surface area is 113 Å². The number of thioether (sulfide) groups is 1. The van der Waals surface area contributed by atoms with Gasteiger partial charge < -0.3 is 5.11 Å². The second-order valence-electron chi connectivity index (χ2n) is 3.67. The number of carboxylic acid groups (broad SMARTS) is 1. The van der Waals surface area contributed by atoms with E-state index >= 15 is 0 Å². The molecule has 2 heterocycles. The smallest absolute Gasteiger partial charge is 0.308 e. The molecule has 0 bridgehead atoms. The zero-order valence-corrected chi connectivity index (χ0v) is 11.4. The number of nitrogens with zero attached hydrogens (tertiary/aromatic N) is 2. The first-order chi connectivity index (χ1) is 8.65. The van der Waals surface area contributed by atoms with Gasteiger partial charge in [0.1, 0.15) is 0 Å². The summed E-state index contributed by atoms with van der Waals surface area (Å²) in [5.74, 6) is -0.0663. The molecule has 0 saturated carbocycles. The Morgan fingerprint density at radius 3 is 3.00 bits per heavy atom. The lowest BCUT2D eigenvalue weighted by molar-refractivity contribution is -0.136. The molecule has 0 atom stereocenters. The van der Waals surface area contributed by atoms with Crippen LogP contribution in [-0.2, 0) is 17.0 Å². The van der Waals surface area contributed by atoms with Crippen LogP contribution in [0.5, 0.6) is 0 Å². The van der Waals surface area contributed by atoms with E-state index in [1.165, 1.54) is 11.3 Å². The molecule has 0 saturated heterocycles. The molecule has 0 aliphatic carbocycles. The second-order valence-corrected chi connectivity index (χ2v) is 5.97. The van der Waals surface area contributed by atoms with Crippen molar-refractivity contribution in [3.8, 4) is 0 Å². The van der Waals surface area contributed by atoms with Crippen LogP contribution in [0.15, 0.2) is 28.7 Å². The molecule has 0 fully saturated rings. The van der Waals surface area contributed by atoms with Gasteiger partial charge in [0.15, 0.2) is 4.34 Å². The summed E-state index contributed by atoms with van der Waals surface area (Å²) in [7, 11) is 0. The Morgan fingerprint density at radius 1 is 1.50 bits per heavy atom. The number of rotatable bonds is 5. The minimum absolute atomic E-state index is 0.0493. The summed E-state index contributed by atoms with van der Waals surface area (Å²) >= 11 is 3.04. The molecule has 4 nitrogen and oxygen atoms in total. The molecule has 0 unspecified atom stereocenters. The molecule has 0 aliphatic heterocycles. The van der Waals surface area contributed by atoms with Crippen LogP contribution in [0.25, 0.3) is 0 Å². The third-order valence-electron chi connectivity index (χ3n) is 2.25. The Hall–Kier alpha value is -1.40. The highest BCUT2D eigenvalue weighted by Gasteiger charge is 2.11. The molecule has 0 radical (unpaired) electrons. The molecule has 6 heteroatoms. The predicted molar refractivity (Wildman–Crippen MR) is 72.0 cm³/mol. The average Bonchev–Trinajstić information content (AvgIpc) is 2.68. The van der Waals surface area contributed by atoms with Crippen molar-refractivity contribution in [1.29, 1.82) is 0 Å². The van der Waals surface area contributed by atoms with Gasteiger partial charge in [-0.1, -0.05) is 17.8 Å². The van der Waals surface area contributed by atoms with Crippen LogP contribution >= 0.6 is 23.1 Å². The standard InChI is InChI=1S/C12H12N2O2S2/c1-8-10(6-11(15)16)18-12(14-8)17-7-9-4-2-3-5-13-9/h2-5H,6-7H2,1H3,(H,15,16). The fourth-order valence-electron chi connectivity index (χ4n) is 1.38. The van der Waals surface area contributed by atoms with Gasteiger partial charge in [0.25, 0.3) is 0 Å². The van der Waals surface area contributed by atoms with Crippen molar-refractivity contribution < 1.29 is 9.90 Å². The molecular formula is C12H12N2O2S2. The van der Waals surface area contributed by atoms with E-state index in [0.29, 0.717) is 0 Å². The van der Waals surface area contributed by atoms with Gasteiger partial charge in [-0.3, -0.25) is 9.78 Å². The monoisotopic (exact) mass is 280 g/mol. The summed E-state index contributed by atoms with van der Waals surface area (Å²) < 4.78 is 0.898. The Balaban J connectivity index is 2.00. The summed E-state index contributed by atoms with van der Waals surface area (Å²) in [6.07, 6.45) is 1.81. The molecule has 0 amide bonds. The molecule has 2 aromatic heterocycles. The van der Waals surface area contributed by atoms with E-state index in [1.807, 2.05) is 25.1 Å². The van der Waals surface area contributed by atoms with Crippen LogP contribution in [0.2, 0.25) is 0 Å². The summed E-state index contributed by atoms with van der Waals surface area (Å²) in [5, 5.41) is 8.77. The minimum Gasteiger partial charge on any atom is -0.481 e. The molecule has 0 aromatic carbocycles. The number of hydrogen-bond donors (Lipinski definition) is 1. The van der Waals surface area contributed by atoms with E-state index in [0.717, 1.165) is 26.4 Å². The highest BCUT2D eigenvalue weighted by atomic mass is 32.2. The number of carbonyl (C=O) groups is 1. The highest BCUT2D eigenvalue weighted by molar-refractivity contribution is 8.00. The van der Waals surface area contributed by atoms with Gasteiger partial charge in [0.05, 0.1) is 17.8 Å². The number of aliphatic carboxylic acids is 1. The maximum absolute atomic E-state index is 10.7. The van der Waals surface area contributed by atoms with Gasteiger partial charge in [-0.25, -0.2) is 4.98 Å². The third-order valence-corrected chi connectivity index (χ3v) is 4.59. The highest BCUT2D eigenvalue weighted by Crippen LogP contribution is 2.29. The van der Waals surface area contributed by atoms with Gasteiger partial charge in [0, 0.05) is 16.8 Å². The first-order valence-electron chi connectivity index (χ1n) is 5.36. The van der Waals surface area contributed by atoms with Crippen LogP contribution in [0.4, 0.5) is 0 Å². The SMILES string of the molecule is Cc1nc(SCc2ccccn2)sc1CC(=O)O. The minimum atomic E-state index is -0.817. The largest absolute Gasteiger partial charge is 0.481 e. The van der Waals surface area contributed by atoms with Crippen LogP contribution < -0.4 is 0 Å². The van der Waals surface area contributed by atoms with Crippen molar-refractivity contribution in [3.05, 3.63) is 40.7 Å². The van der Waals surface area contributed by atoms with Gasteiger partial charge in [-0.15, -0.1) is 11.3 Å². The van der Waals surface area contributed by atoms with Gasteiger partial charge in [0.2, 0.25) is 0 Å². The third kappa shape index (κ3) is 3.54. The lowest BCUT2D eigenvalue weighted by Crippen LogP contribution is -1.99. The summed E-state index contributed by atoms with van der Waals surface area (Å²) in [6, 6.07) is 5.80. The van der Waals surface area contributed by atoms with E-state index < -0.39 is 5.97 Å². The van der Waals surface area contributed by atoms with Crippen molar-refractivity contribution in [2.75, 3.05) is 0 Å². The molecule has 18 heavy (non-hydrogen) atoms. The maximum Gasteiger partial charge on any atom is 0.308 e. The Kier molecular flexibility index (Phi) is 4.33. The van der Waals surface area contributed by atoms with Gasteiger partial charge in [-0.2, -0.15) is 0 Å². The zero-order valence-electron chi connectivity index (χ0n) is 9.79. The van der Waals surface area contributed by atoms with Crippen LogP contribution in [-0.4, -0.2) is 21.0 Å². The van der Waals surface area contributed by atoms with E-state index in [1.54, 1.807) is 18.0 Å². The number of pyridine rings is 1. The lowest BCUT2D eigenvalue weighted by atomic mass is 10.3. The van der Waals surface area contributed by atoms with Crippen molar-refractivity contribution in [2.24, 2.45) is 0 Å². The molecule has 0 aliphatic rings. The quantitative estimate of drug-likeness (QED) is 0.853. The number of aryl methyl sites for hydroxylation is 1. The number of hydrogen-bond acceptors (Lipinski definition) is 5. The first kappa shape index (κ1) is 13.0. The summed E-state index contributed by atoms with van der Waals surface area (Å²) in [6.45, 7) is 1.85.